The molecule has 0 radical (unpaired) electrons. The highest BCUT2D eigenvalue weighted by Gasteiger charge is 2.37. The molecule has 2 fully saturated rings. The summed E-state index contributed by atoms with van der Waals surface area (Å²) in [6.45, 7) is 2.51. The molecule has 24 heavy (non-hydrogen) atoms. The zero-order chi connectivity index (χ0) is 16.8. The molecule has 1 saturated carbocycles. The number of carbonyl (C=O) groups excluding carboxylic acids is 1. The zero-order valence-corrected chi connectivity index (χ0v) is 14.1. The van der Waals surface area contributed by atoms with Crippen LogP contribution in [-0.2, 0) is 20.8 Å². The van der Waals surface area contributed by atoms with Crippen molar-refractivity contribution in [2.75, 3.05) is 26.9 Å². The Hall–Kier alpha value is -1.63. The van der Waals surface area contributed by atoms with Crippen LogP contribution in [0.4, 0.5) is 4.79 Å². The molecule has 2 N–H and O–H groups in total. The van der Waals surface area contributed by atoms with E-state index in [1.165, 1.54) is 0 Å². The first-order chi connectivity index (χ1) is 11.7. The number of rotatable bonds is 7. The van der Waals surface area contributed by atoms with E-state index in [1.807, 2.05) is 30.3 Å². The van der Waals surface area contributed by atoms with Crippen molar-refractivity contribution in [3.05, 3.63) is 35.9 Å². The largest absolute Gasteiger partial charge is 0.445 e. The van der Waals surface area contributed by atoms with Gasteiger partial charge in [0.1, 0.15) is 12.2 Å². The van der Waals surface area contributed by atoms with Crippen molar-refractivity contribution in [3.63, 3.8) is 0 Å². The minimum Gasteiger partial charge on any atom is -0.445 e. The molecular weight excluding hydrogens is 308 g/mol. The van der Waals surface area contributed by atoms with E-state index < -0.39 is 0 Å². The maximum atomic E-state index is 11.8. The molecule has 3 rings (SSSR count). The monoisotopic (exact) mass is 334 g/mol. The van der Waals surface area contributed by atoms with Gasteiger partial charge in [0.15, 0.2) is 0 Å². The quantitative estimate of drug-likeness (QED) is 0.796. The normalized spacial score (nSPS) is 29.0. The number of ether oxygens (including phenoxy) is 3. The number of carbonyl (C=O) groups is 1. The number of hydrogen-bond donors (Lipinski definition) is 2. The first kappa shape index (κ1) is 17.2. The van der Waals surface area contributed by atoms with Crippen LogP contribution in [0, 0.1) is 0 Å². The van der Waals surface area contributed by atoms with E-state index in [-0.39, 0.29) is 17.7 Å². The van der Waals surface area contributed by atoms with Crippen molar-refractivity contribution in [1.82, 2.24) is 10.6 Å². The second-order valence-electron chi connectivity index (χ2n) is 6.64. The lowest BCUT2D eigenvalue weighted by molar-refractivity contribution is -0.0199. The van der Waals surface area contributed by atoms with Gasteiger partial charge in [0.25, 0.3) is 0 Å². The fourth-order valence-corrected chi connectivity index (χ4v) is 3.13. The van der Waals surface area contributed by atoms with Gasteiger partial charge in [-0.05, 0) is 18.4 Å². The standard InChI is InChI=1S/C18H26N2O4/c1-22-18(7-8-23-13-18)12-19-15-9-16(10-15)20-17(21)24-11-14-5-3-2-4-6-14/h2-6,15-16,19H,7-13H2,1H3,(H,20,21). The average molecular weight is 334 g/mol. The predicted octanol–water partition coefficient (Wildman–Crippen LogP) is 1.84. The van der Waals surface area contributed by atoms with E-state index in [4.69, 9.17) is 14.2 Å². The highest BCUT2D eigenvalue weighted by Crippen LogP contribution is 2.25. The fourth-order valence-electron chi connectivity index (χ4n) is 3.13. The van der Waals surface area contributed by atoms with Crippen molar-refractivity contribution in [3.8, 4) is 0 Å². The van der Waals surface area contributed by atoms with Crippen LogP contribution in [-0.4, -0.2) is 50.6 Å². The topological polar surface area (TPSA) is 68.8 Å². The summed E-state index contributed by atoms with van der Waals surface area (Å²) in [6.07, 6.45) is 2.42. The third-order valence-electron chi connectivity index (χ3n) is 4.89. The molecule has 1 atom stereocenters. The van der Waals surface area contributed by atoms with Gasteiger partial charge < -0.3 is 24.8 Å². The van der Waals surface area contributed by atoms with E-state index in [0.29, 0.717) is 19.3 Å². The summed E-state index contributed by atoms with van der Waals surface area (Å²) in [4.78, 5) is 11.8. The molecule has 2 aliphatic rings. The van der Waals surface area contributed by atoms with Crippen molar-refractivity contribution >= 4 is 6.09 Å². The minimum absolute atomic E-state index is 0.184. The first-order valence-corrected chi connectivity index (χ1v) is 8.53. The van der Waals surface area contributed by atoms with E-state index in [1.54, 1.807) is 7.11 Å². The summed E-state index contributed by atoms with van der Waals surface area (Å²) >= 11 is 0. The Kier molecular flexibility index (Phi) is 5.71. The van der Waals surface area contributed by atoms with Gasteiger partial charge in [-0.3, -0.25) is 0 Å². The van der Waals surface area contributed by atoms with E-state index in [9.17, 15) is 4.79 Å². The molecule has 6 nitrogen and oxygen atoms in total. The Labute approximate surface area is 142 Å². The zero-order valence-electron chi connectivity index (χ0n) is 14.1. The summed E-state index contributed by atoms with van der Waals surface area (Å²) in [5.41, 5.74) is 0.803. The smallest absolute Gasteiger partial charge is 0.407 e. The number of alkyl carbamates (subject to hydrolysis) is 1. The fraction of sp³-hybridized carbons (Fsp3) is 0.611. The van der Waals surface area contributed by atoms with Crippen molar-refractivity contribution < 1.29 is 19.0 Å². The molecule has 1 unspecified atom stereocenters. The summed E-state index contributed by atoms with van der Waals surface area (Å²) < 4.78 is 16.3. The molecule has 0 bridgehead atoms. The molecule has 1 heterocycles. The van der Waals surface area contributed by atoms with Gasteiger partial charge in [0.05, 0.1) is 6.61 Å². The van der Waals surface area contributed by atoms with Gasteiger partial charge in [-0.2, -0.15) is 0 Å². The number of hydrogen-bond acceptors (Lipinski definition) is 5. The van der Waals surface area contributed by atoms with Crippen molar-refractivity contribution in [1.29, 1.82) is 0 Å². The van der Waals surface area contributed by atoms with Crippen LogP contribution in [0.25, 0.3) is 0 Å². The molecule has 132 valence electrons. The number of amides is 1. The van der Waals surface area contributed by atoms with Gasteiger partial charge in [0, 0.05) is 38.8 Å². The molecule has 1 saturated heterocycles. The molecule has 1 amide bonds. The molecule has 1 aliphatic carbocycles. The summed E-state index contributed by atoms with van der Waals surface area (Å²) in [5, 5.41) is 6.43. The van der Waals surface area contributed by atoms with Crippen LogP contribution in [0.3, 0.4) is 0 Å². The first-order valence-electron chi connectivity index (χ1n) is 8.53. The second kappa shape index (κ2) is 7.96. The third-order valence-corrected chi connectivity index (χ3v) is 4.89. The lowest BCUT2D eigenvalue weighted by Gasteiger charge is -2.38. The number of methoxy groups -OCH3 is 1. The van der Waals surface area contributed by atoms with Gasteiger partial charge in [0.2, 0.25) is 0 Å². The Morgan fingerprint density at radius 2 is 2.08 bits per heavy atom. The Bertz CT molecular complexity index is 525. The van der Waals surface area contributed by atoms with Crippen LogP contribution in [0.15, 0.2) is 30.3 Å². The lowest BCUT2D eigenvalue weighted by atomic mass is 9.86. The number of benzene rings is 1. The Morgan fingerprint density at radius 3 is 2.75 bits per heavy atom. The molecule has 0 spiro atoms. The summed E-state index contributed by atoms with van der Waals surface area (Å²) in [5.74, 6) is 0. The number of nitrogens with one attached hydrogen (secondary N) is 2. The van der Waals surface area contributed by atoms with Crippen molar-refractivity contribution in [2.24, 2.45) is 0 Å². The molecule has 1 aromatic carbocycles. The van der Waals surface area contributed by atoms with E-state index in [0.717, 1.165) is 38.0 Å². The highest BCUT2D eigenvalue weighted by molar-refractivity contribution is 5.67. The molecule has 1 aromatic rings. The van der Waals surface area contributed by atoms with Crippen LogP contribution >= 0.6 is 0 Å². The Morgan fingerprint density at radius 1 is 1.29 bits per heavy atom. The molecule has 0 aromatic heterocycles. The summed E-state index contributed by atoms with van der Waals surface area (Å²) in [7, 11) is 1.74. The highest BCUT2D eigenvalue weighted by atomic mass is 16.6. The van der Waals surface area contributed by atoms with E-state index in [2.05, 4.69) is 10.6 Å². The average Bonchev–Trinajstić information content (AvgIpc) is 3.05. The second-order valence-corrected chi connectivity index (χ2v) is 6.64. The van der Waals surface area contributed by atoms with Gasteiger partial charge in [-0.15, -0.1) is 0 Å². The van der Waals surface area contributed by atoms with Gasteiger partial charge in [-0.1, -0.05) is 30.3 Å². The molecule has 1 aliphatic heterocycles. The Balaban J connectivity index is 1.30. The van der Waals surface area contributed by atoms with E-state index >= 15 is 0 Å². The maximum absolute atomic E-state index is 11.8. The SMILES string of the molecule is COC1(CNC2CC(NC(=O)OCc3ccccc3)C2)CCOC1. The third kappa shape index (κ3) is 4.47. The van der Waals surface area contributed by atoms with Crippen molar-refractivity contribution in [2.45, 2.75) is 43.6 Å². The molecule has 6 heteroatoms. The minimum atomic E-state index is -0.347. The summed E-state index contributed by atoms with van der Waals surface area (Å²) in [6, 6.07) is 10.3. The van der Waals surface area contributed by atoms with Crippen LogP contribution in [0.5, 0.6) is 0 Å². The molecular formula is C18H26N2O4. The lowest BCUT2D eigenvalue weighted by Crippen LogP contribution is -2.55. The predicted molar refractivity (Wildman–Crippen MR) is 89.8 cm³/mol. The van der Waals surface area contributed by atoms with Crippen LogP contribution < -0.4 is 10.6 Å². The maximum Gasteiger partial charge on any atom is 0.407 e. The van der Waals surface area contributed by atoms with Gasteiger partial charge in [-0.25, -0.2) is 4.79 Å². The van der Waals surface area contributed by atoms with Crippen LogP contribution in [0.1, 0.15) is 24.8 Å². The van der Waals surface area contributed by atoms with Crippen LogP contribution in [0.2, 0.25) is 0 Å². The van der Waals surface area contributed by atoms with Gasteiger partial charge >= 0.3 is 6.09 Å².